The van der Waals surface area contributed by atoms with Crippen LogP contribution in [0.15, 0.2) is 46.9 Å². The summed E-state index contributed by atoms with van der Waals surface area (Å²) in [5.74, 6) is 0.844. The number of halogens is 2. The zero-order valence-corrected chi connectivity index (χ0v) is 11.0. The Balaban J connectivity index is 2.58. The van der Waals surface area contributed by atoms with E-state index in [1.54, 1.807) is 7.11 Å². The molecule has 0 aromatic heterocycles. The van der Waals surface area contributed by atoms with Crippen molar-refractivity contribution in [2.24, 2.45) is 0 Å². The van der Waals surface area contributed by atoms with Crippen LogP contribution in [-0.4, -0.2) is 7.11 Å². The Morgan fingerprint density at radius 1 is 1.12 bits per heavy atom. The van der Waals surface area contributed by atoms with Gasteiger partial charge in [-0.3, -0.25) is 0 Å². The van der Waals surface area contributed by atoms with Crippen LogP contribution in [-0.2, 0) is 0 Å². The van der Waals surface area contributed by atoms with Crippen LogP contribution in [0.4, 0.5) is 0 Å². The van der Waals surface area contributed by atoms with E-state index in [9.17, 15) is 0 Å². The van der Waals surface area contributed by atoms with Crippen molar-refractivity contribution >= 4 is 27.5 Å². The molecule has 1 nitrogen and oxygen atoms in total. The first-order valence-electron chi connectivity index (χ1n) is 4.80. The van der Waals surface area contributed by atoms with Crippen LogP contribution >= 0.6 is 27.5 Å². The topological polar surface area (TPSA) is 9.23 Å². The summed E-state index contributed by atoms with van der Waals surface area (Å²) in [5.41, 5.74) is 2.07. The van der Waals surface area contributed by atoms with Gasteiger partial charge in [0.05, 0.1) is 7.11 Å². The minimum atomic E-state index is 0.704. The molecule has 0 amide bonds. The Labute approximate surface area is 108 Å². The van der Waals surface area contributed by atoms with E-state index in [1.807, 2.05) is 42.5 Å². The summed E-state index contributed by atoms with van der Waals surface area (Å²) in [4.78, 5) is 0. The second-order valence-corrected chi connectivity index (χ2v) is 4.71. The maximum absolute atomic E-state index is 6.02. The van der Waals surface area contributed by atoms with Crippen LogP contribution in [0.2, 0.25) is 5.02 Å². The van der Waals surface area contributed by atoms with Crippen molar-refractivity contribution in [3.63, 3.8) is 0 Å². The van der Waals surface area contributed by atoms with Crippen molar-refractivity contribution in [3.05, 3.63) is 52.0 Å². The van der Waals surface area contributed by atoms with E-state index in [2.05, 4.69) is 15.9 Å². The molecule has 0 saturated carbocycles. The van der Waals surface area contributed by atoms with E-state index in [-0.39, 0.29) is 0 Å². The first kappa shape index (κ1) is 11.5. The fourth-order valence-electron chi connectivity index (χ4n) is 1.59. The van der Waals surface area contributed by atoms with E-state index in [1.165, 1.54) is 0 Å². The zero-order valence-electron chi connectivity index (χ0n) is 8.71. The summed E-state index contributed by atoms with van der Waals surface area (Å²) < 4.78 is 6.28. The lowest BCUT2D eigenvalue weighted by molar-refractivity contribution is 0.416. The molecule has 82 valence electrons. The number of ether oxygens (including phenoxy) is 1. The van der Waals surface area contributed by atoms with Gasteiger partial charge in [0, 0.05) is 15.1 Å². The Morgan fingerprint density at radius 3 is 2.56 bits per heavy atom. The maximum Gasteiger partial charge on any atom is 0.126 e. The average molecular weight is 298 g/mol. The van der Waals surface area contributed by atoms with Crippen molar-refractivity contribution in [3.8, 4) is 16.9 Å². The number of methoxy groups -OCH3 is 1. The maximum atomic E-state index is 6.02. The minimum absolute atomic E-state index is 0.704. The number of rotatable bonds is 2. The van der Waals surface area contributed by atoms with E-state index >= 15 is 0 Å². The SMILES string of the molecule is COc1ccccc1-c1cc(Cl)cc(Br)c1. The number of para-hydroxylation sites is 1. The first-order valence-corrected chi connectivity index (χ1v) is 5.97. The molecule has 2 aromatic carbocycles. The molecule has 0 saturated heterocycles. The van der Waals surface area contributed by atoms with Gasteiger partial charge in [-0.2, -0.15) is 0 Å². The lowest BCUT2D eigenvalue weighted by atomic mass is 10.1. The third-order valence-corrected chi connectivity index (χ3v) is 2.96. The Kier molecular flexibility index (Phi) is 3.52. The fraction of sp³-hybridized carbons (Fsp3) is 0.0769. The van der Waals surface area contributed by atoms with Crippen molar-refractivity contribution in [2.45, 2.75) is 0 Å². The van der Waals surface area contributed by atoms with Crippen LogP contribution in [0, 0.1) is 0 Å². The van der Waals surface area contributed by atoms with Gasteiger partial charge < -0.3 is 4.74 Å². The first-order chi connectivity index (χ1) is 7.70. The molecule has 3 heteroatoms. The van der Waals surface area contributed by atoms with Gasteiger partial charge in [0.15, 0.2) is 0 Å². The number of hydrogen-bond acceptors (Lipinski definition) is 1. The zero-order chi connectivity index (χ0) is 11.5. The lowest BCUT2D eigenvalue weighted by Crippen LogP contribution is -1.87. The van der Waals surface area contributed by atoms with E-state index in [0.717, 1.165) is 21.3 Å². The van der Waals surface area contributed by atoms with Crippen molar-refractivity contribution in [1.29, 1.82) is 0 Å². The van der Waals surface area contributed by atoms with Gasteiger partial charge >= 0.3 is 0 Å². The van der Waals surface area contributed by atoms with Crippen molar-refractivity contribution in [1.82, 2.24) is 0 Å². The summed E-state index contributed by atoms with van der Waals surface area (Å²) in [6.45, 7) is 0. The van der Waals surface area contributed by atoms with E-state index in [0.29, 0.717) is 5.02 Å². The van der Waals surface area contributed by atoms with Crippen LogP contribution < -0.4 is 4.74 Å². The average Bonchev–Trinajstić information content (AvgIpc) is 2.27. The molecule has 0 N–H and O–H groups in total. The molecule has 0 aliphatic rings. The third-order valence-electron chi connectivity index (χ3n) is 2.28. The van der Waals surface area contributed by atoms with Crippen molar-refractivity contribution in [2.75, 3.05) is 7.11 Å². The molecular weight excluding hydrogens is 287 g/mol. The van der Waals surface area contributed by atoms with Gasteiger partial charge in [-0.05, 0) is 29.8 Å². The van der Waals surface area contributed by atoms with Gasteiger partial charge in [-0.15, -0.1) is 0 Å². The van der Waals surface area contributed by atoms with Gasteiger partial charge in [-0.25, -0.2) is 0 Å². The molecule has 0 atom stereocenters. The second-order valence-electron chi connectivity index (χ2n) is 3.36. The van der Waals surface area contributed by atoms with Crippen molar-refractivity contribution < 1.29 is 4.74 Å². The molecule has 0 radical (unpaired) electrons. The monoisotopic (exact) mass is 296 g/mol. The number of benzene rings is 2. The second kappa shape index (κ2) is 4.89. The molecule has 0 unspecified atom stereocenters. The van der Waals surface area contributed by atoms with E-state index in [4.69, 9.17) is 16.3 Å². The largest absolute Gasteiger partial charge is 0.496 e. The third kappa shape index (κ3) is 2.39. The lowest BCUT2D eigenvalue weighted by Gasteiger charge is -2.09. The molecule has 0 fully saturated rings. The summed E-state index contributed by atoms with van der Waals surface area (Å²) in [6, 6.07) is 13.7. The normalized spacial score (nSPS) is 10.2. The highest BCUT2D eigenvalue weighted by molar-refractivity contribution is 9.10. The van der Waals surface area contributed by atoms with Gasteiger partial charge in [0.25, 0.3) is 0 Å². The molecule has 0 spiro atoms. The standard InChI is InChI=1S/C13H10BrClO/c1-16-13-5-3-2-4-12(13)9-6-10(14)8-11(15)7-9/h2-8H,1H3. The molecule has 0 aliphatic carbocycles. The Morgan fingerprint density at radius 2 is 1.88 bits per heavy atom. The summed E-state index contributed by atoms with van der Waals surface area (Å²) >= 11 is 9.46. The van der Waals surface area contributed by atoms with E-state index < -0.39 is 0 Å². The number of hydrogen-bond donors (Lipinski definition) is 0. The minimum Gasteiger partial charge on any atom is -0.496 e. The highest BCUT2D eigenvalue weighted by Crippen LogP contribution is 2.33. The van der Waals surface area contributed by atoms with Crippen LogP contribution in [0.5, 0.6) is 5.75 Å². The van der Waals surface area contributed by atoms with Crippen LogP contribution in [0.1, 0.15) is 0 Å². The fourth-order valence-corrected chi connectivity index (χ4v) is 2.45. The summed E-state index contributed by atoms with van der Waals surface area (Å²) in [5, 5.41) is 0.704. The van der Waals surface area contributed by atoms with Crippen LogP contribution in [0.3, 0.4) is 0 Å². The highest BCUT2D eigenvalue weighted by Gasteiger charge is 2.06. The van der Waals surface area contributed by atoms with Crippen LogP contribution in [0.25, 0.3) is 11.1 Å². The molecule has 0 heterocycles. The van der Waals surface area contributed by atoms with Gasteiger partial charge in [0.1, 0.15) is 5.75 Å². The predicted molar refractivity (Wildman–Crippen MR) is 71.1 cm³/mol. The Bertz CT molecular complexity index is 491. The quantitative estimate of drug-likeness (QED) is 0.775. The van der Waals surface area contributed by atoms with Gasteiger partial charge in [0.2, 0.25) is 0 Å². The van der Waals surface area contributed by atoms with Gasteiger partial charge in [-0.1, -0.05) is 45.7 Å². The molecule has 2 aromatic rings. The molecular formula is C13H10BrClO. The predicted octanol–water partition coefficient (Wildman–Crippen LogP) is 4.78. The summed E-state index contributed by atoms with van der Waals surface area (Å²) in [6.07, 6.45) is 0. The molecule has 16 heavy (non-hydrogen) atoms. The smallest absolute Gasteiger partial charge is 0.126 e. The highest BCUT2D eigenvalue weighted by atomic mass is 79.9. The summed E-state index contributed by atoms with van der Waals surface area (Å²) in [7, 11) is 1.67. The molecule has 0 aliphatic heterocycles. The Hall–Kier alpha value is -0.990. The molecule has 0 bridgehead atoms. The molecule has 2 rings (SSSR count).